The number of carbonyl (C=O) groups is 1. The van der Waals surface area contributed by atoms with E-state index in [2.05, 4.69) is 38.1 Å². The van der Waals surface area contributed by atoms with Crippen LogP contribution >= 0.6 is 11.8 Å². The minimum atomic E-state index is -0.173. The highest BCUT2D eigenvalue weighted by molar-refractivity contribution is 8.13. The zero-order valence-electron chi connectivity index (χ0n) is 15.8. The highest BCUT2D eigenvalue weighted by Crippen LogP contribution is 2.29. The Balaban J connectivity index is 0.00000338. The van der Waals surface area contributed by atoms with Crippen LogP contribution in [0.5, 0.6) is 0 Å². The predicted molar refractivity (Wildman–Crippen MR) is 108 cm³/mol. The molecule has 26 heavy (non-hydrogen) atoms. The van der Waals surface area contributed by atoms with Gasteiger partial charge in [0.15, 0.2) is 0 Å². The first-order chi connectivity index (χ1) is 12.3. The van der Waals surface area contributed by atoms with Crippen LogP contribution in [0.3, 0.4) is 0 Å². The molecule has 0 amide bonds. The van der Waals surface area contributed by atoms with Crippen LogP contribution in [-0.4, -0.2) is 30.5 Å². The summed E-state index contributed by atoms with van der Waals surface area (Å²) in [6.07, 6.45) is 2.40. The van der Waals surface area contributed by atoms with Crippen molar-refractivity contribution >= 4 is 16.9 Å². The van der Waals surface area contributed by atoms with Crippen LogP contribution in [0.25, 0.3) is 0 Å². The summed E-state index contributed by atoms with van der Waals surface area (Å²) in [6, 6.07) is 20.3. The molecule has 2 aromatic carbocycles. The Labute approximate surface area is 168 Å². The Kier molecular flexibility index (Phi) is 11.3. The van der Waals surface area contributed by atoms with Gasteiger partial charge in [0.2, 0.25) is 5.12 Å². The number of hydrogen-bond acceptors (Lipinski definition) is 2. The number of carbonyl (C=O) groups excluding carboxylic acids is 1. The monoisotopic (exact) mass is 391 g/mol. The van der Waals surface area contributed by atoms with E-state index >= 15 is 0 Å². The molecular weight excluding hydrogens is 362 g/mol. The molecule has 0 heterocycles. The fraction of sp³-hybridized carbons (Fsp3) is 0.409. The second-order valence-electron chi connectivity index (χ2n) is 6.42. The summed E-state index contributed by atoms with van der Waals surface area (Å²) < 4.78 is 0. The summed E-state index contributed by atoms with van der Waals surface area (Å²) in [6.45, 7) is 7.92. The average Bonchev–Trinajstić information content (AvgIpc) is 2.64. The molecule has 0 aliphatic carbocycles. The zero-order valence-corrected chi connectivity index (χ0v) is 17.4. The van der Waals surface area contributed by atoms with E-state index in [0.717, 1.165) is 23.4 Å². The van der Waals surface area contributed by atoms with Crippen LogP contribution in [0.1, 0.15) is 43.7 Å². The number of halogens is 1. The van der Waals surface area contributed by atoms with Crippen molar-refractivity contribution in [3.63, 3.8) is 0 Å². The van der Waals surface area contributed by atoms with Crippen molar-refractivity contribution in [2.45, 2.75) is 32.6 Å². The van der Waals surface area contributed by atoms with E-state index in [1.165, 1.54) is 37.7 Å². The van der Waals surface area contributed by atoms with E-state index in [-0.39, 0.29) is 23.4 Å². The van der Waals surface area contributed by atoms with Crippen molar-refractivity contribution in [2.24, 2.45) is 0 Å². The third-order valence-electron chi connectivity index (χ3n) is 4.41. The number of rotatable bonds is 10. The van der Waals surface area contributed by atoms with Gasteiger partial charge in [0, 0.05) is 0 Å². The molecule has 0 aliphatic heterocycles. The number of nitrogens with one attached hydrogen (secondary N) is 1. The maximum atomic E-state index is 13.0. The van der Waals surface area contributed by atoms with Gasteiger partial charge in [-0.2, -0.15) is 0 Å². The van der Waals surface area contributed by atoms with Crippen molar-refractivity contribution < 1.29 is 22.1 Å². The van der Waals surface area contributed by atoms with Gasteiger partial charge in [-0.15, -0.1) is 0 Å². The van der Waals surface area contributed by atoms with Gasteiger partial charge in [-0.05, 0) is 24.0 Å². The lowest BCUT2D eigenvalue weighted by molar-refractivity contribution is -0.897. The van der Waals surface area contributed by atoms with Gasteiger partial charge in [-0.25, -0.2) is 0 Å². The minimum absolute atomic E-state index is 0. The van der Waals surface area contributed by atoms with Gasteiger partial charge in [-0.3, -0.25) is 4.79 Å². The van der Waals surface area contributed by atoms with Crippen molar-refractivity contribution in [3.8, 4) is 0 Å². The van der Waals surface area contributed by atoms with E-state index in [1.54, 1.807) is 4.90 Å². The molecule has 0 aromatic heterocycles. The SMILES string of the molecule is CCC[NH+](CCC)CCSC(=O)C(c1ccccc1)c1ccccc1.[Cl-]. The van der Waals surface area contributed by atoms with E-state index in [1.807, 2.05) is 36.4 Å². The molecule has 2 rings (SSSR count). The van der Waals surface area contributed by atoms with Gasteiger partial charge in [0.05, 0.1) is 31.3 Å². The van der Waals surface area contributed by atoms with E-state index in [0.29, 0.717) is 0 Å². The normalized spacial score (nSPS) is 10.8. The lowest BCUT2D eigenvalue weighted by atomic mass is 9.92. The molecule has 0 atom stereocenters. The molecular formula is C22H30ClNOS. The summed E-state index contributed by atoms with van der Waals surface area (Å²) in [7, 11) is 0. The number of hydrogen-bond donors (Lipinski definition) is 1. The lowest BCUT2D eigenvalue weighted by Gasteiger charge is -2.19. The largest absolute Gasteiger partial charge is 1.00 e. The second kappa shape index (κ2) is 13.0. The molecule has 4 heteroatoms. The van der Waals surface area contributed by atoms with Crippen molar-refractivity contribution in [2.75, 3.05) is 25.4 Å². The van der Waals surface area contributed by atoms with Gasteiger partial charge >= 0.3 is 0 Å². The van der Waals surface area contributed by atoms with Crippen molar-refractivity contribution in [1.29, 1.82) is 0 Å². The molecule has 0 bridgehead atoms. The minimum Gasteiger partial charge on any atom is -1.00 e. The summed E-state index contributed by atoms with van der Waals surface area (Å²) in [4.78, 5) is 14.6. The number of quaternary nitrogens is 1. The highest BCUT2D eigenvalue weighted by atomic mass is 35.5. The Hall–Kier alpha value is -1.29. The molecule has 0 aliphatic rings. The van der Waals surface area contributed by atoms with E-state index in [4.69, 9.17) is 0 Å². The first-order valence-electron chi connectivity index (χ1n) is 9.36. The van der Waals surface area contributed by atoms with Gasteiger partial charge in [-0.1, -0.05) is 86.3 Å². The van der Waals surface area contributed by atoms with Crippen LogP contribution in [-0.2, 0) is 4.79 Å². The van der Waals surface area contributed by atoms with Crippen molar-refractivity contribution in [1.82, 2.24) is 0 Å². The molecule has 0 radical (unpaired) electrons. The molecule has 1 N–H and O–H groups in total. The second-order valence-corrected chi connectivity index (χ2v) is 7.52. The zero-order chi connectivity index (χ0) is 17.9. The first-order valence-corrected chi connectivity index (χ1v) is 10.3. The standard InChI is InChI=1S/C22H29NOS.ClH/c1-3-15-23(16-4-2)17-18-25-22(24)21(19-11-7-5-8-12-19)20-13-9-6-10-14-20;/h5-14,21H,3-4,15-18H2,1-2H3;1H. The molecule has 2 aromatic rings. The topological polar surface area (TPSA) is 21.5 Å². The first kappa shape index (κ1) is 22.8. The van der Waals surface area contributed by atoms with Crippen LogP contribution in [0, 0.1) is 0 Å². The Morgan fingerprint density at radius 1 is 0.846 bits per heavy atom. The van der Waals surface area contributed by atoms with Crippen LogP contribution in [0.2, 0.25) is 0 Å². The number of benzene rings is 2. The Morgan fingerprint density at radius 2 is 1.31 bits per heavy atom. The fourth-order valence-electron chi connectivity index (χ4n) is 3.22. The summed E-state index contributed by atoms with van der Waals surface area (Å²) in [5.74, 6) is 0.720. The third-order valence-corrected chi connectivity index (χ3v) is 5.34. The highest BCUT2D eigenvalue weighted by Gasteiger charge is 2.23. The third kappa shape index (κ3) is 7.14. The number of thioether (sulfide) groups is 1. The maximum absolute atomic E-state index is 13.0. The fourth-order valence-corrected chi connectivity index (χ4v) is 4.25. The van der Waals surface area contributed by atoms with Gasteiger partial charge in [0.1, 0.15) is 0 Å². The van der Waals surface area contributed by atoms with Crippen LogP contribution in [0.4, 0.5) is 0 Å². The molecule has 0 saturated heterocycles. The summed E-state index contributed by atoms with van der Waals surface area (Å²) in [5.41, 5.74) is 2.16. The average molecular weight is 392 g/mol. The smallest absolute Gasteiger partial charge is 0.201 e. The van der Waals surface area contributed by atoms with Crippen LogP contribution in [0.15, 0.2) is 60.7 Å². The molecule has 0 saturated carbocycles. The maximum Gasteiger partial charge on any atom is 0.201 e. The molecule has 0 fully saturated rings. The predicted octanol–water partition coefficient (Wildman–Crippen LogP) is 0.787. The Morgan fingerprint density at radius 3 is 1.73 bits per heavy atom. The van der Waals surface area contributed by atoms with Crippen molar-refractivity contribution in [3.05, 3.63) is 71.8 Å². The molecule has 142 valence electrons. The van der Waals surface area contributed by atoms with Gasteiger partial charge < -0.3 is 17.3 Å². The van der Waals surface area contributed by atoms with E-state index in [9.17, 15) is 4.79 Å². The Bertz CT molecular complexity index is 575. The summed E-state index contributed by atoms with van der Waals surface area (Å²) >= 11 is 1.49. The quantitative estimate of drug-likeness (QED) is 0.646. The molecule has 0 spiro atoms. The summed E-state index contributed by atoms with van der Waals surface area (Å²) in [5, 5.41) is 0.254. The molecule has 2 nitrogen and oxygen atoms in total. The van der Waals surface area contributed by atoms with Gasteiger partial charge in [0.25, 0.3) is 0 Å². The van der Waals surface area contributed by atoms with E-state index < -0.39 is 0 Å². The lowest BCUT2D eigenvalue weighted by Crippen LogP contribution is -3.12. The van der Waals surface area contributed by atoms with Crippen LogP contribution < -0.4 is 17.3 Å². The molecule has 0 unspecified atom stereocenters.